The fraction of sp³-hybridized carbons (Fsp3) is 0.200. The minimum Gasteiger partial charge on any atom is -0.508 e. The van der Waals surface area contributed by atoms with E-state index in [1.807, 2.05) is 24.3 Å². The predicted octanol–water partition coefficient (Wildman–Crippen LogP) is 3.44. The fourth-order valence-electron chi connectivity index (χ4n) is 2.28. The molecule has 4 heteroatoms. The van der Waals surface area contributed by atoms with Crippen LogP contribution in [0.4, 0.5) is 5.69 Å². The van der Waals surface area contributed by atoms with E-state index in [1.54, 1.807) is 18.2 Å². The first kappa shape index (κ1) is 12.2. The van der Waals surface area contributed by atoms with Crippen molar-refractivity contribution >= 4 is 17.3 Å². The number of benzene rings is 2. The maximum Gasteiger partial charge on any atom is 0.142 e. The van der Waals surface area contributed by atoms with Crippen LogP contribution in [0, 0.1) is 0 Å². The maximum absolute atomic E-state index is 9.90. The number of rotatable bonds is 2. The largest absolute Gasteiger partial charge is 0.508 e. The molecule has 0 saturated heterocycles. The number of fused-ring (bicyclic) bond motifs is 1. The number of anilines is 1. The van der Waals surface area contributed by atoms with E-state index in [1.165, 1.54) is 0 Å². The SMILES string of the molecule is Oc1ccc(Cl)cc1CN1CCOc2ccccc21. The van der Waals surface area contributed by atoms with Gasteiger partial charge in [0.05, 0.1) is 12.2 Å². The summed E-state index contributed by atoms with van der Waals surface area (Å²) in [5.41, 5.74) is 1.87. The lowest BCUT2D eigenvalue weighted by Crippen LogP contribution is -2.32. The van der Waals surface area contributed by atoms with Gasteiger partial charge < -0.3 is 14.7 Å². The molecule has 0 bridgehead atoms. The molecule has 3 rings (SSSR count). The molecule has 0 unspecified atom stereocenters. The van der Waals surface area contributed by atoms with Gasteiger partial charge in [-0.25, -0.2) is 0 Å². The summed E-state index contributed by atoms with van der Waals surface area (Å²) in [5.74, 6) is 1.16. The van der Waals surface area contributed by atoms with Gasteiger partial charge in [-0.15, -0.1) is 0 Å². The van der Waals surface area contributed by atoms with Crippen molar-refractivity contribution < 1.29 is 9.84 Å². The minimum atomic E-state index is 0.272. The highest BCUT2D eigenvalue weighted by Gasteiger charge is 2.18. The van der Waals surface area contributed by atoms with E-state index in [0.717, 1.165) is 23.5 Å². The number of para-hydroxylation sites is 2. The Balaban J connectivity index is 1.90. The number of nitrogens with zero attached hydrogens (tertiary/aromatic N) is 1. The molecular formula is C15H14ClNO2. The summed E-state index contributed by atoms with van der Waals surface area (Å²) >= 11 is 5.98. The van der Waals surface area contributed by atoms with E-state index in [-0.39, 0.29) is 5.75 Å². The van der Waals surface area contributed by atoms with Gasteiger partial charge in [0.15, 0.2) is 0 Å². The Hall–Kier alpha value is -1.87. The smallest absolute Gasteiger partial charge is 0.142 e. The maximum atomic E-state index is 9.90. The highest BCUT2D eigenvalue weighted by molar-refractivity contribution is 6.30. The standard InChI is InChI=1S/C15H14ClNO2/c16-12-5-6-14(18)11(9-12)10-17-7-8-19-15-4-2-1-3-13(15)17/h1-6,9,18H,7-8,10H2. The van der Waals surface area contributed by atoms with Crippen LogP contribution in [0.1, 0.15) is 5.56 Å². The second-order valence-corrected chi connectivity index (χ2v) is 4.95. The van der Waals surface area contributed by atoms with E-state index >= 15 is 0 Å². The molecule has 3 nitrogen and oxygen atoms in total. The van der Waals surface area contributed by atoms with Crippen molar-refractivity contribution in [3.8, 4) is 11.5 Å². The molecule has 0 saturated carbocycles. The third kappa shape index (κ3) is 2.47. The van der Waals surface area contributed by atoms with Gasteiger partial charge in [-0.05, 0) is 30.3 Å². The highest BCUT2D eigenvalue weighted by Crippen LogP contribution is 2.33. The summed E-state index contributed by atoms with van der Waals surface area (Å²) in [6.07, 6.45) is 0. The van der Waals surface area contributed by atoms with E-state index in [2.05, 4.69) is 4.90 Å². The summed E-state index contributed by atoms with van der Waals surface area (Å²) in [6, 6.07) is 13.0. The third-order valence-corrected chi connectivity index (χ3v) is 3.46. The van der Waals surface area contributed by atoms with Crippen LogP contribution in [0.25, 0.3) is 0 Å². The monoisotopic (exact) mass is 275 g/mol. The molecule has 1 aliphatic heterocycles. The molecule has 0 fully saturated rings. The minimum absolute atomic E-state index is 0.272. The number of phenolic OH excluding ortho intramolecular Hbond substituents is 1. The zero-order valence-electron chi connectivity index (χ0n) is 10.3. The molecule has 0 spiro atoms. The van der Waals surface area contributed by atoms with E-state index in [9.17, 15) is 5.11 Å². The van der Waals surface area contributed by atoms with Crippen molar-refractivity contribution in [2.24, 2.45) is 0 Å². The Bertz CT molecular complexity index is 600. The summed E-state index contributed by atoms with van der Waals surface area (Å²) in [4.78, 5) is 2.18. The predicted molar refractivity (Wildman–Crippen MR) is 76.1 cm³/mol. The molecule has 0 aliphatic carbocycles. The molecule has 0 amide bonds. The second-order valence-electron chi connectivity index (χ2n) is 4.51. The van der Waals surface area contributed by atoms with Crippen LogP contribution >= 0.6 is 11.6 Å². The van der Waals surface area contributed by atoms with Gasteiger partial charge in [0.1, 0.15) is 18.1 Å². The Labute approximate surface area is 117 Å². The van der Waals surface area contributed by atoms with Crippen molar-refractivity contribution in [1.29, 1.82) is 0 Å². The highest BCUT2D eigenvalue weighted by atomic mass is 35.5. The van der Waals surface area contributed by atoms with Gasteiger partial charge in [0.2, 0.25) is 0 Å². The molecule has 0 aromatic heterocycles. The normalized spacial score (nSPS) is 13.8. The van der Waals surface area contributed by atoms with Crippen LogP contribution in [-0.2, 0) is 6.54 Å². The summed E-state index contributed by atoms with van der Waals surface area (Å²) in [5, 5.41) is 10.5. The molecule has 0 atom stereocenters. The van der Waals surface area contributed by atoms with Gasteiger partial charge >= 0.3 is 0 Å². The van der Waals surface area contributed by atoms with Gasteiger partial charge in [-0.3, -0.25) is 0 Å². The number of halogens is 1. The average Bonchev–Trinajstić information content (AvgIpc) is 2.43. The first-order valence-electron chi connectivity index (χ1n) is 6.18. The van der Waals surface area contributed by atoms with Crippen LogP contribution in [0.15, 0.2) is 42.5 Å². The Morgan fingerprint density at radius 1 is 1.21 bits per heavy atom. The summed E-state index contributed by atoms with van der Waals surface area (Å²) < 4.78 is 5.62. The van der Waals surface area contributed by atoms with Crippen LogP contribution < -0.4 is 9.64 Å². The van der Waals surface area contributed by atoms with Crippen molar-refractivity contribution in [2.75, 3.05) is 18.1 Å². The summed E-state index contributed by atoms with van der Waals surface area (Å²) in [7, 11) is 0. The zero-order chi connectivity index (χ0) is 13.2. The molecule has 2 aromatic carbocycles. The fourth-order valence-corrected chi connectivity index (χ4v) is 2.47. The summed E-state index contributed by atoms with van der Waals surface area (Å²) in [6.45, 7) is 2.06. The van der Waals surface area contributed by atoms with Crippen LogP contribution in [0.3, 0.4) is 0 Å². The van der Waals surface area contributed by atoms with Crippen LogP contribution in [0.2, 0.25) is 5.02 Å². The lowest BCUT2D eigenvalue weighted by molar-refractivity contribution is 0.306. The van der Waals surface area contributed by atoms with Crippen LogP contribution in [0.5, 0.6) is 11.5 Å². The molecule has 98 valence electrons. The van der Waals surface area contributed by atoms with Crippen molar-refractivity contribution in [1.82, 2.24) is 0 Å². The molecule has 1 heterocycles. The number of hydrogen-bond acceptors (Lipinski definition) is 3. The quantitative estimate of drug-likeness (QED) is 0.911. The lowest BCUT2D eigenvalue weighted by Gasteiger charge is -2.31. The van der Waals surface area contributed by atoms with E-state index in [0.29, 0.717) is 18.2 Å². The third-order valence-electron chi connectivity index (χ3n) is 3.23. The van der Waals surface area contributed by atoms with Crippen LogP contribution in [-0.4, -0.2) is 18.3 Å². The zero-order valence-corrected chi connectivity index (χ0v) is 11.1. The number of hydrogen-bond donors (Lipinski definition) is 1. The van der Waals surface area contributed by atoms with Crippen molar-refractivity contribution in [3.63, 3.8) is 0 Å². The molecule has 1 aliphatic rings. The van der Waals surface area contributed by atoms with Crippen molar-refractivity contribution in [2.45, 2.75) is 6.54 Å². The van der Waals surface area contributed by atoms with Gasteiger partial charge in [0, 0.05) is 17.1 Å². The molecule has 19 heavy (non-hydrogen) atoms. The Morgan fingerprint density at radius 3 is 2.95 bits per heavy atom. The topological polar surface area (TPSA) is 32.7 Å². The lowest BCUT2D eigenvalue weighted by atomic mass is 10.1. The first-order valence-corrected chi connectivity index (χ1v) is 6.56. The van der Waals surface area contributed by atoms with E-state index in [4.69, 9.17) is 16.3 Å². The Kier molecular flexibility index (Phi) is 3.22. The Morgan fingerprint density at radius 2 is 2.05 bits per heavy atom. The van der Waals surface area contributed by atoms with Gasteiger partial charge in [-0.1, -0.05) is 23.7 Å². The molecular weight excluding hydrogens is 262 g/mol. The number of ether oxygens (including phenoxy) is 1. The second kappa shape index (κ2) is 5.02. The van der Waals surface area contributed by atoms with Gasteiger partial charge in [-0.2, -0.15) is 0 Å². The molecule has 0 radical (unpaired) electrons. The molecule has 1 N–H and O–H groups in total. The van der Waals surface area contributed by atoms with Crippen molar-refractivity contribution in [3.05, 3.63) is 53.1 Å². The number of aromatic hydroxyl groups is 1. The van der Waals surface area contributed by atoms with Gasteiger partial charge in [0.25, 0.3) is 0 Å². The first-order chi connectivity index (χ1) is 9.24. The average molecular weight is 276 g/mol. The number of phenols is 1. The van der Waals surface area contributed by atoms with E-state index < -0.39 is 0 Å². The molecule has 2 aromatic rings.